The van der Waals surface area contributed by atoms with E-state index in [0.29, 0.717) is 11.6 Å². The van der Waals surface area contributed by atoms with Crippen molar-refractivity contribution in [2.75, 3.05) is 7.11 Å². The molecule has 0 atom stereocenters. The van der Waals surface area contributed by atoms with E-state index < -0.39 is 0 Å². The van der Waals surface area contributed by atoms with E-state index in [2.05, 4.69) is 15.3 Å². The van der Waals surface area contributed by atoms with Crippen LogP contribution >= 0.6 is 0 Å². The van der Waals surface area contributed by atoms with Crippen molar-refractivity contribution < 1.29 is 9.63 Å². The average molecular weight is 231 g/mol. The summed E-state index contributed by atoms with van der Waals surface area (Å²) in [4.78, 5) is 20.9. The minimum absolute atomic E-state index is 0.303. The van der Waals surface area contributed by atoms with Crippen molar-refractivity contribution >= 4 is 11.4 Å². The molecule has 88 valence electrons. The van der Waals surface area contributed by atoms with Crippen molar-refractivity contribution in [1.82, 2.24) is 14.9 Å². The number of nitrogens with zero attached hydrogens (tertiary/aromatic N) is 2. The quantitative estimate of drug-likeness (QED) is 0.814. The van der Waals surface area contributed by atoms with E-state index in [0.717, 1.165) is 24.2 Å². The highest BCUT2D eigenvalue weighted by atomic mass is 16.6. The molecular weight excluding hydrogens is 218 g/mol. The fraction of sp³-hybridized carbons (Fsp3) is 0.333. The monoisotopic (exact) mass is 231 g/mol. The van der Waals surface area contributed by atoms with E-state index in [1.165, 1.54) is 7.11 Å². The molecule has 2 aromatic heterocycles. The summed E-state index contributed by atoms with van der Waals surface area (Å²) in [6, 6.07) is 5.74. The first-order chi connectivity index (χ1) is 8.31. The lowest BCUT2D eigenvalue weighted by Gasteiger charge is -1.99. The Bertz CT molecular complexity index is 572. The number of hydrogen-bond acceptors (Lipinski definition) is 3. The minimum atomic E-state index is -0.303. The van der Waals surface area contributed by atoms with Crippen molar-refractivity contribution in [2.45, 2.75) is 18.8 Å². The van der Waals surface area contributed by atoms with Gasteiger partial charge < -0.3 is 4.40 Å². The number of pyridine rings is 1. The zero-order chi connectivity index (χ0) is 11.8. The molecule has 0 spiro atoms. The van der Waals surface area contributed by atoms with Gasteiger partial charge in [-0.2, -0.15) is 0 Å². The van der Waals surface area contributed by atoms with Crippen LogP contribution in [0.25, 0.3) is 5.52 Å². The van der Waals surface area contributed by atoms with Gasteiger partial charge in [-0.1, -0.05) is 6.07 Å². The summed E-state index contributed by atoms with van der Waals surface area (Å²) >= 11 is 0. The number of carbonyl (C=O) groups excluding carboxylic acids is 1. The number of carbonyl (C=O) groups is 1. The molecule has 5 nitrogen and oxygen atoms in total. The summed E-state index contributed by atoms with van der Waals surface area (Å²) < 4.78 is 1.99. The molecule has 3 rings (SSSR count). The SMILES string of the molecule is CONC(=O)c1nc(C2CC2)n2ccccc12. The van der Waals surface area contributed by atoms with E-state index in [1.54, 1.807) is 0 Å². The Morgan fingerprint density at radius 3 is 3.06 bits per heavy atom. The lowest BCUT2D eigenvalue weighted by molar-refractivity contribution is 0.0534. The van der Waals surface area contributed by atoms with Crippen LogP contribution < -0.4 is 5.48 Å². The third kappa shape index (κ3) is 1.68. The summed E-state index contributed by atoms with van der Waals surface area (Å²) in [5.41, 5.74) is 3.56. The third-order valence-electron chi connectivity index (χ3n) is 2.93. The van der Waals surface area contributed by atoms with E-state index in [1.807, 2.05) is 28.8 Å². The standard InChI is InChI=1S/C12H13N3O2/c1-17-14-12(16)10-9-4-2-3-7-15(9)11(13-10)8-5-6-8/h2-4,7-8H,5-6H2,1H3,(H,14,16). The molecule has 1 aliphatic carbocycles. The lowest BCUT2D eigenvalue weighted by atomic mass is 10.3. The molecule has 1 amide bonds. The summed E-state index contributed by atoms with van der Waals surface area (Å²) in [5, 5.41) is 0. The fourth-order valence-electron chi connectivity index (χ4n) is 2.00. The van der Waals surface area contributed by atoms with Crippen LogP contribution in [0, 0.1) is 0 Å². The van der Waals surface area contributed by atoms with Crippen molar-refractivity contribution in [1.29, 1.82) is 0 Å². The Kier molecular flexibility index (Phi) is 2.33. The number of rotatable bonds is 3. The van der Waals surface area contributed by atoms with Gasteiger partial charge in [-0.25, -0.2) is 10.5 Å². The van der Waals surface area contributed by atoms with Gasteiger partial charge in [-0.05, 0) is 25.0 Å². The van der Waals surface area contributed by atoms with E-state index in [-0.39, 0.29) is 5.91 Å². The molecule has 2 heterocycles. The van der Waals surface area contributed by atoms with Crippen LogP contribution in [0.15, 0.2) is 24.4 Å². The van der Waals surface area contributed by atoms with Crippen LogP contribution in [-0.2, 0) is 4.84 Å². The number of imidazole rings is 1. The van der Waals surface area contributed by atoms with Crippen molar-refractivity contribution in [3.8, 4) is 0 Å². The maximum atomic E-state index is 11.8. The molecule has 1 saturated carbocycles. The average Bonchev–Trinajstić information content (AvgIpc) is 3.10. The topological polar surface area (TPSA) is 55.6 Å². The third-order valence-corrected chi connectivity index (χ3v) is 2.93. The number of amides is 1. The van der Waals surface area contributed by atoms with Crippen LogP contribution in [0.3, 0.4) is 0 Å². The molecule has 1 fully saturated rings. The van der Waals surface area contributed by atoms with Crippen LogP contribution in [-0.4, -0.2) is 22.4 Å². The van der Waals surface area contributed by atoms with Gasteiger partial charge in [0.05, 0.1) is 12.6 Å². The molecule has 0 saturated heterocycles. The predicted octanol–water partition coefficient (Wildman–Crippen LogP) is 1.50. The highest BCUT2D eigenvalue weighted by molar-refractivity contribution is 5.98. The number of hydroxylamine groups is 1. The molecule has 17 heavy (non-hydrogen) atoms. The molecule has 1 N–H and O–H groups in total. The van der Waals surface area contributed by atoms with E-state index >= 15 is 0 Å². The highest BCUT2D eigenvalue weighted by Crippen LogP contribution is 2.39. The molecule has 0 unspecified atom stereocenters. The van der Waals surface area contributed by atoms with Gasteiger partial charge in [-0.15, -0.1) is 0 Å². The van der Waals surface area contributed by atoms with Gasteiger partial charge in [0.2, 0.25) is 0 Å². The van der Waals surface area contributed by atoms with Crippen molar-refractivity contribution in [3.63, 3.8) is 0 Å². The highest BCUT2D eigenvalue weighted by Gasteiger charge is 2.30. The zero-order valence-corrected chi connectivity index (χ0v) is 9.51. The Labute approximate surface area is 98.4 Å². The molecule has 0 bridgehead atoms. The molecule has 2 aromatic rings. The normalized spacial score (nSPS) is 15.1. The van der Waals surface area contributed by atoms with Gasteiger partial charge in [0.1, 0.15) is 5.82 Å². The first-order valence-corrected chi connectivity index (χ1v) is 5.61. The zero-order valence-electron chi connectivity index (χ0n) is 9.51. The molecular formula is C12H13N3O2. The maximum absolute atomic E-state index is 11.8. The predicted molar refractivity (Wildman–Crippen MR) is 61.6 cm³/mol. The van der Waals surface area contributed by atoms with Crippen LogP contribution in [0.4, 0.5) is 0 Å². The first-order valence-electron chi connectivity index (χ1n) is 5.61. The molecule has 1 aliphatic rings. The Morgan fingerprint density at radius 2 is 2.35 bits per heavy atom. The molecule has 0 aromatic carbocycles. The molecule has 0 aliphatic heterocycles. The number of nitrogens with one attached hydrogen (secondary N) is 1. The lowest BCUT2D eigenvalue weighted by Crippen LogP contribution is -2.22. The Balaban J connectivity index is 2.14. The van der Waals surface area contributed by atoms with Gasteiger partial charge in [0.15, 0.2) is 5.69 Å². The van der Waals surface area contributed by atoms with Gasteiger partial charge in [0, 0.05) is 12.1 Å². The second-order valence-electron chi connectivity index (χ2n) is 4.18. The largest absolute Gasteiger partial charge is 0.303 e. The maximum Gasteiger partial charge on any atom is 0.295 e. The van der Waals surface area contributed by atoms with Gasteiger partial charge >= 0.3 is 0 Å². The van der Waals surface area contributed by atoms with Crippen LogP contribution in [0.1, 0.15) is 35.1 Å². The van der Waals surface area contributed by atoms with E-state index in [9.17, 15) is 4.79 Å². The summed E-state index contributed by atoms with van der Waals surface area (Å²) in [6.07, 6.45) is 4.25. The summed E-state index contributed by atoms with van der Waals surface area (Å²) in [6.45, 7) is 0. The smallest absolute Gasteiger partial charge is 0.295 e. The van der Waals surface area contributed by atoms with Crippen LogP contribution in [0.2, 0.25) is 0 Å². The van der Waals surface area contributed by atoms with Crippen molar-refractivity contribution in [3.05, 3.63) is 35.9 Å². The molecule has 5 heteroatoms. The van der Waals surface area contributed by atoms with Crippen LogP contribution in [0.5, 0.6) is 0 Å². The second kappa shape index (κ2) is 3.85. The second-order valence-corrected chi connectivity index (χ2v) is 4.18. The Hall–Kier alpha value is -1.88. The van der Waals surface area contributed by atoms with Gasteiger partial charge in [0.25, 0.3) is 5.91 Å². The number of hydrogen-bond donors (Lipinski definition) is 1. The summed E-state index contributed by atoms with van der Waals surface area (Å²) in [7, 11) is 1.41. The molecule has 0 radical (unpaired) electrons. The fourth-order valence-corrected chi connectivity index (χ4v) is 2.00. The Morgan fingerprint density at radius 1 is 1.53 bits per heavy atom. The first kappa shape index (κ1) is 10.3. The minimum Gasteiger partial charge on any atom is -0.303 e. The number of fused-ring (bicyclic) bond motifs is 1. The van der Waals surface area contributed by atoms with Gasteiger partial charge in [-0.3, -0.25) is 9.63 Å². The van der Waals surface area contributed by atoms with Crippen molar-refractivity contribution in [2.24, 2.45) is 0 Å². The van der Waals surface area contributed by atoms with E-state index in [4.69, 9.17) is 0 Å². The number of aromatic nitrogens is 2. The summed E-state index contributed by atoms with van der Waals surface area (Å²) in [5.74, 6) is 1.17.